The van der Waals surface area contributed by atoms with Gasteiger partial charge in [0.05, 0.1) is 0 Å². The van der Waals surface area contributed by atoms with E-state index in [2.05, 4.69) is 4.90 Å². The molecule has 0 spiro atoms. The van der Waals surface area contributed by atoms with Gasteiger partial charge in [0.15, 0.2) is 0 Å². The average Bonchev–Trinajstić information content (AvgIpc) is 2.75. The van der Waals surface area contributed by atoms with Crippen molar-refractivity contribution in [2.24, 2.45) is 23.5 Å². The predicted octanol–water partition coefficient (Wildman–Crippen LogP) is 2.38. The fourth-order valence-corrected chi connectivity index (χ4v) is 6.12. The van der Waals surface area contributed by atoms with Crippen molar-refractivity contribution >= 4 is 0 Å². The van der Waals surface area contributed by atoms with Gasteiger partial charge in [0.25, 0.3) is 0 Å². The van der Waals surface area contributed by atoms with E-state index in [1.54, 1.807) is 19.3 Å². The highest BCUT2D eigenvalue weighted by atomic mass is 15.3. The Morgan fingerprint density at radius 2 is 1.59 bits per heavy atom. The van der Waals surface area contributed by atoms with Gasteiger partial charge in [-0.3, -0.25) is 4.90 Å². The lowest BCUT2D eigenvalue weighted by Crippen LogP contribution is -2.61. The maximum absolute atomic E-state index is 6.00. The van der Waals surface area contributed by atoms with E-state index in [4.69, 9.17) is 5.73 Å². The Kier molecular flexibility index (Phi) is 2.36. The van der Waals surface area contributed by atoms with E-state index in [0.29, 0.717) is 11.6 Å². The highest BCUT2D eigenvalue weighted by molar-refractivity contribution is 5.09. The second kappa shape index (κ2) is 3.71. The van der Waals surface area contributed by atoms with E-state index in [1.165, 1.54) is 38.6 Å². The third-order valence-corrected chi connectivity index (χ3v) is 6.26. The minimum Gasteiger partial charge on any atom is -0.329 e. The van der Waals surface area contributed by atoms with Crippen molar-refractivity contribution in [1.29, 1.82) is 0 Å². The van der Waals surface area contributed by atoms with Gasteiger partial charge in [0, 0.05) is 18.1 Å². The first-order valence-electron chi connectivity index (χ1n) is 7.76. The molecule has 0 aromatic carbocycles. The normalized spacial score (nSPS) is 53.5. The van der Waals surface area contributed by atoms with E-state index in [9.17, 15) is 0 Å². The molecule has 5 fully saturated rings. The summed E-state index contributed by atoms with van der Waals surface area (Å²) < 4.78 is 0. The SMILES string of the molecule is NCC1CCCN1C12CC3CC(CC(C3)C1)C2. The number of likely N-dealkylation sites (tertiary alicyclic amines) is 1. The summed E-state index contributed by atoms with van der Waals surface area (Å²) in [7, 11) is 0. The third kappa shape index (κ3) is 1.53. The molecule has 2 heteroatoms. The summed E-state index contributed by atoms with van der Waals surface area (Å²) in [6.45, 7) is 2.23. The van der Waals surface area contributed by atoms with E-state index < -0.39 is 0 Å². The fraction of sp³-hybridized carbons (Fsp3) is 1.00. The molecule has 2 N–H and O–H groups in total. The van der Waals surface area contributed by atoms with Gasteiger partial charge in [-0.05, 0) is 75.7 Å². The fourth-order valence-electron chi connectivity index (χ4n) is 6.12. The van der Waals surface area contributed by atoms with Gasteiger partial charge >= 0.3 is 0 Å². The van der Waals surface area contributed by atoms with Crippen LogP contribution in [0.1, 0.15) is 51.4 Å². The van der Waals surface area contributed by atoms with Crippen LogP contribution in [0, 0.1) is 17.8 Å². The summed E-state index contributed by atoms with van der Waals surface area (Å²) in [5.74, 6) is 3.21. The van der Waals surface area contributed by atoms with Crippen molar-refractivity contribution in [1.82, 2.24) is 4.90 Å². The second-order valence-electron chi connectivity index (χ2n) is 7.37. The lowest BCUT2D eigenvalue weighted by Gasteiger charge is -2.61. The van der Waals surface area contributed by atoms with Gasteiger partial charge in [-0.1, -0.05) is 0 Å². The average molecular weight is 234 g/mol. The molecule has 17 heavy (non-hydrogen) atoms. The Labute approximate surface area is 105 Å². The van der Waals surface area contributed by atoms with Gasteiger partial charge in [0.1, 0.15) is 0 Å². The molecule has 2 nitrogen and oxygen atoms in total. The second-order valence-corrected chi connectivity index (χ2v) is 7.37. The van der Waals surface area contributed by atoms with Gasteiger partial charge < -0.3 is 5.73 Å². The molecule has 1 heterocycles. The summed E-state index contributed by atoms with van der Waals surface area (Å²) in [5.41, 5.74) is 6.61. The molecule has 5 rings (SSSR count). The zero-order valence-electron chi connectivity index (χ0n) is 10.9. The molecule has 0 aromatic heterocycles. The molecule has 1 atom stereocenters. The highest BCUT2D eigenvalue weighted by Crippen LogP contribution is 2.58. The molecule has 4 bridgehead atoms. The zero-order chi connectivity index (χ0) is 11.5. The molecule has 96 valence electrons. The standard InChI is InChI=1S/C15H26N2/c16-10-14-2-1-3-17(14)15-7-11-4-12(8-15)6-13(5-11)9-15/h11-14H,1-10,16H2. The minimum atomic E-state index is 0.606. The molecular formula is C15H26N2. The first-order valence-corrected chi connectivity index (χ1v) is 7.76. The molecule has 5 aliphatic rings. The number of nitrogens with zero attached hydrogens (tertiary/aromatic N) is 1. The van der Waals surface area contributed by atoms with Crippen molar-refractivity contribution in [3.05, 3.63) is 0 Å². The van der Waals surface area contributed by atoms with E-state index in [-0.39, 0.29) is 0 Å². The smallest absolute Gasteiger partial charge is 0.0224 e. The quantitative estimate of drug-likeness (QED) is 0.795. The van der Waals surface area contributed by atoms with Crippen LogP contribution in [0.2, 0.25) is 0 Å². The summed E-state index contributed by atoms with van der Waals surface area (Å²) in [6, 6.07) is 0.714. The summed E-state index contributed by atoms with van der Waals surface area (Å²) in [5, 5.41) is 0. The van der Waals surface area contributed by atoms with Crippen molar-refractivity contribution in [3.63, 3.8) is 0 Å². The first-order chi connectivity index (χ1) is 8.29. The maximum atomic E-state index is 6.00. The lowest BCUT2D eigenvalue weighted by molar-refractivity contribution is -0.0924. The van der Waals surface area contributed by atoms with Crippen LogP contribution in [0.25, 0.3) is 0 Å². The van der Waals surface area contributed by atoms with Crippen molar-refractivity contribution in [2.45, 2.75) is 62.9 Å². The Morgan fingerprint density at radius 1 is 1.00 bits per heavy atom. The Hall–Kier alpha value is -0.0800. The van der Waals surface area contributed by atoms with E-state index in [0.717, 1.165) is 24.3 Å². The van der Waals surface area contributed by atoms with Crippen molar-refractivity contribution < 1.29 is 0 Å². The van der Waals surface area contributed by atoms with Gasteiger partial charge in [-0.15, -0.1) is 0 Å². The Balaban J connectivity index is 1.63. The van der Waals surface area contributed by atoms with E-state index in [1.807, 2.05) is 0 Å². The molecule has 4 saturated carbocycles. The molecule has 0 aromatic rings. The number of hydrogen-bond donors (Lipinski definition) is 1. The molecule has 1 unspecified atom stereocenters. The van der Waals surface area contributed by atoms with Gasteiger partial charge in [0.2, 0.25) is 0 Å². The monoisotopic (exact) mass is 234 g/mol. The van der Waals surface area contributed by atoms with Crippen LogP contribution < -0.4 is 5.73 Å². The van der Waals surface area contributed by atoms with Crippen LogP contribution in [0.4, 0.5) is 0 Å². The van der Waals surface area contributed by atoms with Gasteiger partial charge in [-0.25, -0.2) is 0 Å². The Morgan fingerprint density at radius 3 is 2.12 bits per heavy atom. The topological polar surface area (TPSA) is 29.3 Å². The van der Waals surface area contributed by atoms with Crippen LogP contribution in [-0.2, 0) is 0 Å². The highest BCUT2D eigenvalue weighted by Gasteiger charge is 2.55. The number of hydrogen-bond acceptors (Lipinski definition) is 2. The van der Waals surface area contributed by atoms with Crippen LogP contribution in [0.15, 0.2) is 0 Å². The molecule has 0 amide bonds. The molecule has 0 radical (unpaired) electrons. The molecule has 1 aliphatic heterocycles. The minimum absolute atomic E-state index is 0.606. The number of nitrogens with two attached hydrogens (primary N) is 1. The number of rotatable bonds is 2. The maximum Gasteiger partial charge on any atom is 0.0224 e. The van der Waals surface area contributed by atoms with E-state index >= 15 is 0 Å². The Bertz CT molecular complexity index is 277. The summed E-state index contributed by atoms with van der Waals surface area (Å²) in [4.78, 5) is 2.87. The van der Waals surface area contributed by atoms with Crippen molar-refractivity contribution in [3.8, 4) is 0 Å². The first kappa shape index (κ1) is 10.8. The summed E-state index contributed by atoms with van der Waals surface area (Å²) in [6.07, 6.45) is 11.9. The molecule has 4 aliphatic carbocycles. The van der Waals surface area contributed by atoms with Crippen LogP contribution in [-0.4, -0.2) is 29.6 Å². The lowest BCUT2D eigenvalue weighted by atomic mass is 9.52. The molecular weight excluding hydrogens is 208 g/mol. The van der Waals surface area contributed by atoms with Crippen LogP contribution >= 0.6 is 0 Å². The van der Waals surface area contributed by atoms with Crippen LogP contribution in [0.3, 0.4) is 0 Å². The predicted molar refractivity (Wildman–Crippen MR) is 69.7 cm³/mol. The van der Waals surface area contributed by atoms with Gasteiger partial charge in [-0.2, -0.15) is 0 Å². The summed E-state index contributed by atoms with van der Waals surface area (Å²) >= 11 is 0. The van der Waals surface area contributed by atoms with Crippen LogP contribution in [0.5, 0.6) is 0 Å². The van der Waals surface area contributed by atoms with Crippen molar-refractivity contribution in [2.75, 3.05) is 13.1 Å². The zero-order valence-corrected chi connectivity index (χ0v) is 10.9. The molecule has 1 saturated heterocycles. The largest absolute Gasteiger partial charge is 0.329 e. The third-order valence-electron chi connectivity index (χ3n) is 6.26.